The van der Waals surface area contributed by atoms with Crippen LogP contribution in [0.4, 0.5) is 0 Å². The molecule has 0 radical (unpaired) electrons. The summed E-state index contributed by atoms with van der Waals surface area (Å²) in [5.41, 5.74) is 6.31. The molecule has 0 unspecified atom stereocenters. The lowest BCUT2D eigenvalue weighted by Crippen LogP contribution is -2.51. The summed E-state index contributed by atoms with van der Waals surface area (Å²) in [6, 6.07) is 0. The molecule has 1 fully saturated rings. The highest BCUT2D eigenvalue weighted by Crippen LogP contribution is 2.54. The van der Waals surface area contributed by atoms with E-state index in [-0.39, 0.29) is 0 Å². The minimum Gasteiger partial charge on any atom is -0.329 e. The van der Waals surface area contributed by atoms with Crippen LogP contribution >= 0.6 is 11.8 Å². The van der Waals surface area contributed by atoms with E-state index in [1.54, 1.807) is 0 Å². The summed E-state index contributed by atoms with van der Waals surface area (Å²) in [6.07, 6.45) is 2.60. The fourth-order valence-electron chi connectivity index (χ4n) is 2.30. The zero-order valence-electron chi connectivity index (χ0n) is 7.81. The first-order chi connectivity index (χ1) is 5.04. The quantitative estimate of drug-likeness (QED) is 0.708. The summed E-state index contributed by atoms with van der Waals surface area (Å²) < 4.78 is 0.443. The van der Waals surface area contributed by atoms with Crippen molar-refractivity contribution in [3.63, 3.8) is 0 Å². The molecule has 0 atom stereocenters. The van der Waals surface area contributed by atoms with Crippen LogP contribution in [0.2, 0.25) is 0 Å². The molecule has 0 aromatic carbocycles. The van der Waals surface area contributed by atoms with Crippen molar-refractivity contribution in [3.8, 4) is 0 Å². The lowest BCUT2D eigenvalue weighted by Gasteiger charge is -2.52. The molecule has 1 rings (SSSR count). The Bertz CT molecular complexity index is 134. The van der Waals surface area contributed by atoms with Gasteiger partial charge in [0.05, 0.1) is 0 Å². The lowest BCUT2D eigenvalue weighted by molar-refractivity contribution is 0.132. The van der Waals surface area contributed by atoms with Gasteiger partial charge in [-0.25, -0.2) is 0 Å². The van der Waals surface area contributed by atoms with Gasteiger partial charge in [0.25, 0.3) is 0 Å². The van der Waals surface area contributed by atoms with Crippen LogP contribution in [0.15, 0.2) is 0 Å². The molecule has 1 nitrogen and oxygen atoms in total. The van der Waals surface area contributed by atoms with Crippen molar-refractivity contribution in [2.24, 2.45) is 11.1 Å². The van der Waals surface area contributed by atoms with Crippen LogP contribution in [0.1, 0.15) is 33.6 Å². The van der Waals surface area contributed by atoms with Crippen LogP contribution in [0.25, 0.3) is 0 Å². The Morgan fingerprint density at radius 1 is 1.36 bits per heavy atom. The molecule has 0 aliphatic heterocycles. The second-order valence-electron chi connectivity index (χ2n) is 4.34. The molecule has 66 valence electrons. The monoisotopic (exact) mass is 173 g/mol. The van der Waals surface area contributed by atoms with Crippen LogP contribution in [0.3, 0.4) is 0 Å². The molecule has 11 heavy (non-hydrogen) atoms. The van der Waals surface area contributed by atoms with Gasteiger partial charge in [0.1, 0.15) is 0 Å². The third-order valence-electron chi connectivity index (χ3n) is 2.42. The number of rotatable bonds is 3. The normalized spacial score (nSPS) is 26.2. The average molecular weight is 173 g/mol. The van der Waals surface area contributed by atoms with Gasteiger partial charge in [-0.1, -0.05) is 20.8 Å². The zero-order chi connectivity index (χ0) is 8.54. The van der Waals surface area contributed by atoms with E-state index in [9.17, 15) is 0 Å². The molecule has 0 aromatic rings. The summed E-state index contributed by atoms with van der Waals surface area (Å²) >= 11 is 2.04. The summed E-state index contributed by atoms with van der Waals surface area (Å²) in [4.78, 5) is 0. The Hall–Kier alpha value is 0.310. The highest BCUT2D eigenvalue weighted by Gasteiger charge is 2.47. The lowest BCUT2D eigenvalue weighted by atomic mass is 9.64. The molecule has 0 bridgehead atoms. The number of hydrogen-bond donors (Lipinski definition) is 1. The van der Waals surface area contributed by atoms with Crippen LogP contribution < -0.4 is 5.73 Å². The van der Waals surface area contributed by atoms with Gasteiger partial charge in [-0.3, -0.25) is 0 Å². The fourth-order valence-corrected chi connectivity index (χ4v) is 4.02. The van der Waals surface area contributed by atoms with Gasteiger partial charge in [-0.2, -0.15) is 11.8 Å². The van der Waals surface area contributed by atoms with E-state index in [0.29, 0.717) is 10.2 Å². The van der Waals surface area contributed by atoms with Crippen molar-refractivity contribution in [3.05, 3.63) is 0 Å². The summed E-state index contributed by atoms with van der Waals surface area (Å²) in [6.45, 7) is 7.73. The van der Waals surface area contributed by atoms with Gasteiger partial charge in [0, 0.05) is 11.3 Å². The maximum absolute atomic E-state index is 5.76. The van der Waals surface area contributed by atoms with E-state index < -0.39 is 0 Å². The number of hydrogen-bond acceptors (Lipinski definition) is 2. The van der Waals surface area contributed by atoms with E-state index in [1.165, 1.54) is 18.6 Å². The van der Waals surface area contributed by atoms with Crippen molar-refractivity contribution in [2.75, 3.05) is 12.3 Å². The van der Waals surface area contributed by atoms with Gasteiger partial charge in [0.15, 0.2) is 0 Å². The number of thioether (sulfide) groups is 1. The first-order valence-electron chi connectivity index (χ1n) is 4.38. The molecule has 0 heterocycles. The Labute approximate surface area is 74.1 Å². The second-order valence-corrected chi connectivity index (χ2v) is 6.07. The highest BCUT2D eigenvalue weighted by atomic mass is 32.2. The number of nitrogens with two attached hydrogens (primary N) is 1. The first kappa shape index (κ1) is 9.40. The third kappa shape index (κ3) is 1.91. The molecule has 0 aromatic heterocycles. The van der Waals surface area contributed by atoms with Gasteiger partial charge in [0.2, 0.25) is 0 Å². The molecule has 1 saturated carbocycles. The Morgan fingerprint density at radius 3 is 2.18 bits per heavy atom. The van der Waals surface area contributed by atoms with Crippen molar-refractivity contribution in [1.82, 2.24) is 0 Å². The summed E-state index contributed by atoms with van der Waals surface area (Å²) in [5, 5.41) is 0. The van der Waals surface area contributed by atoms with Crippen LogP contribution in [-0.4, -0.2) is 17.0 Å². The summed E-state index contributed by atoms with van der Waals surface area (Å²) in [7, 11) is 0. The molecular formula is C9H19NS. The molecular weight excluding hydrogens is 154 g/mol. The van der Waals surface area contributed by atoms with Crippen LogP contribution in [0.5, 0.6) is 0 Å². The Balaban J connectivity index is 2.43. The average Bonchev–Trinajstić information content (AvgIpc) is 1.84. The maximum Gasteiger partial charge on any atom is 0.0292 e. The highest BCUT2D eigenvalue weighted by molar-refractivity contribution is 8.00. The van der Waals surface area contributed by atoms with Crippen molar-refractivity contribution >= 4 is 11.8 Å². The van der Waals surface area contributed by atoms with Gasteiger partial charge in [-0.05, 0) is 24.0 Å². The maximum atomic E-state index is 5.76. The predicted molar refractivity (Wildman–Crippen MR) is 52.9 cm³/mol. The van der Waals surface area contributed by atoms with Crippen molar-refractivity contribution in [2.45, 2.75) is 38.4 Å². The predicted octanol–water partition coefficient (Wildman–Crippen LogP) is 2.26. The largest absolute Gasteiger partial charge is 0.329 e. The van der Waals surface area contributed by atoms with Crippen LogP contribution in [0, 0.1) is 5.41 Å². The Kier molecular flexibility index (Phi) is 2.55. The van der Waals surface area contributed by atoms with Gasteiger partial charge < -0.3 is 5.73 Å². The van der Waals surface area contributed by atoms with E-state index in [1.807, 2.05) is 11.8 Å². The third-order valence-corrected chi connectivity index (χ3v) is 3.78. The smallest absolute Gasteiger partial charge is 0.0292 e. The molecule has 2 heteroatoms. The van der Waals surface area contributed by atoms with Gasteiger partial charge in [-0.15, -0.1) is 0 Å². The second kappa shape index (κ2) is 2.98. The molecule has 1 aliphatic rings. The minimum atomic E-state index is 0.443. The molecule has 0 spiro atoms. The molecule has 1 aliphatic carbocycles. The van der Waals surface area contributed by atoms with E-state index in [2.05, 4.69) is 20.8 Å². The van der Waals surface area contributed by atoms with E-state index in [4.69, 9.17) is 5.73 Å². The first-order valence-corrected chi connectivity index (χ1v) is 5.36. The van der Waals surface area contributed by atoms with Gasteiger partial charge >= 0.3 is 0 Å². The standard InChI is InChI=1S/C9H19NS/c1-4-11-9(7-10)5-8(2,3)6-9/h4-7,10H2,1-3H3. The Morgan fingerprint density at radius 2 is 1.91 bits per heavy atom. The molecule has 0 amide bonds. The van der Waals surface area contributed by atoms with Crippen molar-refractivity contribution in [1.29, 1.82) is 0 Å². The SMILES string of the molecule is CCSC1(CN)CC(C)(C)C1. The van der Waals surface area contributed by atoms with E-state index >= 15 is 0 Å². The van der Waals surface area contributed by atoms with Crippen molar-refractivity contribution < 1.29 is 0 Å². The minimum absolute atomic E-state index is 0.443. The molecule has 2 N–H and O–H groups in total. The fraction of sp³-hybridized carbons (Fsp3) is 1.00. The van der Waals surface area contributed by atoms with E-state index in [0.717, 1.165) is 6.54 Å². The zero-order valence-corrected chi connectivity index (χ0v) is 8.63. The summed E-state index contributed by atoms with van der Waals surface area (Å²) in [5.74, 6) is 1.20. The van der Waals surface area contributed by atoms with Crippen LogP contribution in [-0.2, 0) is 0 Å². The topological polar surface area (TPSA) is 26.0 Å². The molecule has 0 saturated heterocycles.